The predicted octanol–water partition coefficient (Wildman–Crippen LogP) is 1.38. The maximum absolute atomic E-state index is 12.6. The summed E-state index contributed by atoms with van der Waals surface area (Å²) in [7, 11) is 1.94. The average molecular weight is 344 g/mol. The number of hydrogen-bond acceptors (Lipinski definition) is 5. The van der Waals surface area contributed by atoms with Crippen molar-refractivity contribution in [1.29, 1.82) is 0 Å². The maximum atomic E-state index is 12.6. The number of nitrogens with zero attached hydrogens (tertiary/aromatic N) is 4. The van der Waals surface area contributed by atoms with E-state index in [4.69, 9.17) is 9.15 Å². The molecule has 0 spiro atoms. The Labute approximate surface area is 147 Å². The van der Waals surface area contributed by atoms with Gasteiger partial charge in [-0.3, -0.25) is 14.4 Å². The summed E-state index contributed by atoms with van der Waals surface area (Å²) in [5.41, 5.74) is 1.23. The molecular formula is C18H24N4O3. The standard InChI is InChI=1S/C18H24N4O3/c1-20-10-14(9-19-20)11-21-5-4-15-12-22(6-8-25-17(15)13-21)18(23)16-3-2-7-24-16/h2-3,7,9-10,15,17H,4-6,8,11-13H2,1H3/t15-,17-/m0/s1. The van der Waals surface area contributed by atoms with Crippen LogP contribution in [0.25, 0.3) is 0 Å². The molecule has 25 heavy (non-hydrogen) atoms. The number of aryl methyl sites for hydroxylation is 1. The van der Waals surface area contributed by atoms with E-state index in [0.29, 0.717) is 24.8 Å². The van der Waals surface area contributed by atoms with Crippen LogP contribution in [-0.4, -0.2) is 64.4 Å². The molecule has 134 valence electrons. The van der Waals surface area contributed by atoms with Crippen molar-refractivity contribution in [2.45, 2.75) is 19.1 Å². The average Bonchev–Trinajstić information content (AvgIpc) is 3.22. The number of fused-ring (bicyclic) bond motifs is 1. The molecule has 0 saturated carbocycles. The summed E-state index contributed by atoms with van der Waals surface area (Å²) in [5, 5.41) is 4.24. The Balaban J connectivity index is 1.37. The summed E-state index contributed by atoms with van der Waals surface area (Å²) in [4.78, 5) is 16.8. The van der Waals surface area contributed by atoms with E-state index in [2.05, 4.69) is 16.2 Å². The second-order valence-electron chi connectivity index (χ2n) is 6.94. The van der Waals surface area contributed by atoms with Crippen LogP contribution in [0, 0.1) is 5.92 Å². The largest absolute Gasteiger partial charge is 0.459 e. The third kappa shape index (κ3) is 3.62. The van der Waals surface area contributed by atoms with E-state index < -0.39 is 0 Å². The first kappa shape index (κ1) is 16.4. The molecule has 0 unspecified atom stereocenters. The first-order valence-electron chi connectivity index (χ1n) is 8.83. The van der Waals surface area contributed by atoms with Crippen molar-refractivity contribution in [3.63, 3.8) is 0 Å². The minimum Gasteiger partial charge on any atom is -0.459 e. The van der Waals surface area contributed by atoms with Gasteiger partial charge in [-0.1, -0.05) is 0 Å². The smallest absolute Gasteiger partial charge is 0.289 e. The van der Waals surface area contributed by atoms with E-state index >= 15 is 0 Å². The number of amides is 1. The van der Waals surface area contributed by atoms with Gasteiger partial charge in [0.1, 0.15) is 0 Å². The van der Waals surface area contributed by atoms with Crippen LogP contribution in [0.2, 0.25) is 0 Å². The lowest BCUT2D eigenvalue weighted by Crippen LogP contribution is -2.47. The molecule has 0 N–H and O–H groups in total. The maximum Gasteiger partial charge on any atom is 0.289 e. The van der Waals surface area contributed by atoms with Crippen molar-refractivity contribution < 1.29 is 13.9 Å². The molecule has 7 heteroatoms. The summed E-state index contributed by atoms with van der Waals surface area (Å²) in [6.45, 7) is 4.76. The van der Waals surface area contributed by atoms with Crippen LogP contribution >= 0.6 is 0 Å². The first-order chi connectivity index (χ1) is 12.2. The van der Waals surface area contributed by atoms with Crippen LogP contribution in [-0.2, 0) is 18.3 Å². The molecule has 2 atom stereocenters. The van der Waals surface area contributed by atoms with E-state index in [0.717, 1.165) is 32.6 Å². The number of furan rings is 1. The normalized spacial score (nSPS) is 24.8. The monoisotopic (exact) mass is 344 g/mol. The van der Waals surface area contributed by atoms with Gasteiger partial charge in [0.25, 0.3) is 5.91 Å². The third-order valence-electron chi connectivity index (χ3n) is 5.11. The van der Waals surface area contributed by atoms with Gasteiger partial charge >= 0.3 is 0 Å². The Hall–Kier alpha value is -2.12. The van der Waals surface area contributed by atoms with Gasteiger partial charge in [-0.2, -0.15) is 5.10 Å². The Morgan fingerprint density at radius 2 is 2.28 bits per heavy atom. The number of carbonyl (C=O) groups is 1. The van der Waals surface area contributed by atoms with Crippen molar-refractivity contribution in [2.24, 2.45) is 13.0 Å². The van der Waals surface area contributed by atoms with Crippen LogP contribution in [0.4, 0.5) is 0 Å². The zero-order valence-corrected chi connectivity index (χ0v) is 14.5. The lowest BCUT2D eigenvalue weighted by molar-refractivity contribution is -0.0241. The number of ether oxygens (including phenoxy) is 1. The summed E-state index contributed by atoms with van der Waals surface area (Å²) >= 11 is 0. The topological polar surface area (TPSA) is 63.7 Å². The van der Waals surface area contributed by atoms with Gasteiger partial charge in [-0.25, -0.2) is 0 Å². The number of carbonyl (C=O) groups excluding carboxylic acids is 1. The second-order valence-corrected chi connectivity index (χ2v) is 6.94. The third-order valence-corrected chi connectivity index (χ3v) is 5.11. The fraction of sp³-hybridized carbons (Fsp3) is 0.556. The highest BCUT2D eigenvalue weighted by Gasteiger charge is 2.35. The Kier molecular flexibility index (Phi) is 4.59. The van der Waals surface area contributed by atoms with Gasteiger partial charge in [-0.05, 0) is 25.1 Å². The van der Waals surface area contributed by atoms with Crippen LogP contribution in [0.5, 0.6) is 0 Å². The van der Waals surface area contributed by atoms with Gasteiger partial charge in [0.05, 0.1) is 25.2 Å². The highest BCUT2D eigenvalue weighted by Crippen LogP contribution is 2.26. The minimum atomic E-state index is -0.0351. The molecule has 0 radical (unpaired) electrons. The van der Waals surface area contributed by atoms with Gasteiger partial charge in [-0.15, -0.1) is 0 Å². The van der Waals surface area contributed by atoms with Crippen molar-refractivity contribution in [3.05, 3.63) is 42.1 Å². The molecule has 2 aliphatic heterocycles. The van der Waals surface area contributed by atoms with Crippen molar-refractivity contribution in [3.8, 4) is 0 Å². The van der Waals surface area contributed by atoms with E-state index in [1.807, 2.05) is 22.8 Å². The second kappa shape index (κ2) is 7.01. The quantitative estimate of drug-likeness (QED) is 0.842. The molecule has 1 amide bonds. The predicted molar refractivity (Wildman–Crippen MR) is 90.9 cm³/mol. The number of aromatic nitrogens is 2. The Bertz CT molecular complexity index is 712. The Morgan fingerprint density at radius 3 is 3.04 bits per heavy atom. The van der Waals surface area contributed by atoms with Gasteiger partial charge in [0.2, 0.25) is 0 Å². The summed E-state index contributed by atoms with van der Waals surface area (Å²) in [6.07, 6.45) is 6.74. The van der Waals surface area contributed by atoms with E-state index in [9.17, 15) is 4.79 Å². The molecule has 0 aromatic carbocycles. The van der Waals surface area contributed by atoms with E-state index in [1.54, 1.807) is 18.4 Å². The van der Waals surface area contributed by atoms with Gasteiger partial charge < -0.3 is 14.1 Å². The first-order valence-corrected chi connectivity index (χ1v) is 8.83. The minimum absolute atomic E-state index is 0.0351. The van der Waals surface area contributed by atoms with Crippen LogP contribution < -0.4 is 0 Å². The SMILES string of the molecule is Cn1cc(CN2CC[C@H]3CN(C(=O)c4ccco4)CCO[C@H]3C2)cn1. The zero-order chi connectivity index (χ0) is 17.2. The molecule has 0 bridgehead atoms. The molecule has 4 heterocycles. The van der Waals surface area contributed by atoms with E-state index in [-0.39, 0.29) is 12.0 Å². The summed E-state index contributed by atoms with van der Waals surface area (Å²) in [5.74, 6) is 0.756. The Morgan fingerprint density at radius 1 is 1.36 bits per heavy atom. The molecular weight excluding hydrogens is 320 g/mol. The van der Waals surface area contributed by atoms with Gasteiger partial charge in [0.15, 0.2) is 5.76 Å². The van der Waals surface area contributed by atoms with Crippen LogP contribution in [0.15, 0.2) is 35.2 Å². The van der Waals surface area contributed by atoms with Crippen molar-refractivity contribution in [1.82, 2.24) is 19.6 Å². The van der Waals surface area contributed by atoms with Crippen LogP contribution in [0.1, 0.15) is 22.5 Å². The van der Waals surface area contributed by atoms with Crippen LogP contribution in [0.3, 0.4) is 0 Å². The fourth-order valence-corrected chi connectivity index (χ4v) is 3.81. The lowest BCUT2D eigenvalue weighted by atomic mass is 9.93. The van der Waals surface area contributed by atoms with Crippen molar-refractivity contribution >= 4 is 5.91 Å². The zero-order valence-electron chi connectivity index (χ0n) is 14.5. The molecule has 2 aromatic rings. The number of likely N-dealkylation sites (tertiary alicyclic amines) is 1. The molecule has 7 nitrogen and oxygen atoms in total. The molecule has 2 aromatic heterocycles. The molecule has 4 rings (SSSR count). The van der Waals surface area contributed by atoms with E-state index in [1.165, 1.54) is 5.56 Å². The number of rotatable bonds is 3. The van der Waals surface area contributed by atoms with Crippen molar-refractivity contribution in [2.75, 3.05) is 32.8 Å². The molecule has 2 aliphatic rings. The molecule has 2 fully saturated rings. The molecule has 0 aliphatic carbocycles. The highest BCUT2D eigenvalue weighted by molar-refractivity contribution is 5.91. The number of piperidine rings is 1. The lowest BCUT2D eigenvalue weighted by Gasteiger charge is -2.37. The number of hydrogen-bond donors (Lipinski definition) is 0. The summed E-state index contributed by atoms with van der Waals surface area (Å²) < 4.78 is 13.2. The summed E-state index contributed by atoms with van der Waals surface area (Å²) in [6, 6.07) is 3.48. The highest BCUT2D eigenvalue weighted by atomic mass is 16.5. The van der Waals surface area contributed by atoms with Gasteiger partial charge in [0, 0.05) is 50.9 Å². The fourth-order valence-electron chi connectivity index (χ4n) is 3.81. The molecule has 2 saturated heterocycles.